The number of aromatic nitrogens is 1. The number of hydrogen-bond acceptors (Lipinski definition) is 3. The molecule has 2 aromatic carbocycles. The maximum atomic E-state index is 13.1. The number of fused-ring (bicyclic) bond motifs is 1. The second-order valence-electron chi connectivity index (χ2n) is 7.39. The van der Waals surface area contributed by atoms with E-state index in [-0.39, 0.29) is 0 Å². The van der Waals surface area contributed by atoms with Crippen molar-refractivity contribution in [2.75, 3.05) is 18.6 Å². The molecular formula is C23H21F3N3O2+. The summed E-state index contributed by atoms with van der Waals surface area (Å²) in [6.07, 6.45) is 0.117. The summed E-state index contributed by atoms with van der Waals surface area (Å²) in [5, 5.41) is 0. The lowest BCUT2D eigenvalue weighted by atomic mass is 10.0. The van der Waals surface area contributed by atoms with Gasteiger partial charge in [-0.1, -0.05) is 24.3 Å². The molecule has 1 aliphatic heterocycles. The van der Waals surface area contributed by atoms with E-state index in [0.29, 0.717) is 30.5 Å². The number of carbonyl (C=O) groups excluding carboxylic acids is 1. The molecular weight excluding hydrogens is 407 g/mol. The molecule has 0 atom stereocenters. The number of pyridine rings is 1. The molecule has 0 aliphatic carbocycles. The van der Waals surface area contributed by atoms with Gasteiger partial charge in [0.15, 0.2) is 0 Å². The Balaban J connectivity index is 1.69. The van der Waals surface area contributed by atoms with Gasteiger partial charge in [-0.3, -0.25) is 9.63 Å². The van der Waals surface area contributed by atoms with Crippen LogP contribution in [0.2, 0.25) is 0 Å². The van der Waals surface area contributed by atoms with E-state index in [4.69, 9.17) is 10.6 Å². The third kappa shape index (κ3) is 4.19. The number of benzene rings is 2. The normalized spacial score (nSPS) is 13.2. The SMILES string of the molecule is CO[n+]1cc(Cc2cccc(C(F)(F)F)c2)cc(N2CCc3c(C(N)=O)cccc32)c1. The van der Waals surface area contributed by atoms with Gasteiger partial charge in [0.1, 0.15) is 12.8 Å². The molecule has 5 nitrogen and oxygen atoms in total. The molecule has 2 heterocycles. The smallest absolute Gasteiger partial charge is 0.366 e. The van der Waals surface area contributed by atoms with Crippen molar-refractivity contribution in [2.24, 2.45) is 5.73 Å². The number of anilines is 2. The van der Waals surface area contributed by atoms with Crippen LogP contribution < -0.4 is 20.2 Å². The standard InChI is InChI=1S/C23H20F3N3O2/c1-31-28-13-16(10-15-4-2-5-17(11-15)23(24,25)26)12-18(14-28)29-9-8-19-20(22(27)30)6-3-7-21(19)29/h2-7,11-14H,8-10H2,1H3,(H-,27,30)/p+1. The average molecular weight is 428 g/mol. The summed E-state index contributed by atoms with van der Waals surface area (Å²) in [5.41, 5.74) is 9.26. The first-order valence-electron chi connectivity index (χ1n) is 9.71. The minimum atomic E-state index is -4.39. The number of halogens is 3. The van der Waals surface area contributed by atoms with Crippen LogP contribution in [0.1, 0.15) is 32.6 Å². The van der Waals surface area contributed by atoms with Gasteiger partial charge in [-0.05, 0) is 41.8 Å². The van der Waals surface area contributed by atoms with E-state index in [1.165, 1.54) is 17.9 Å². The molecule has 0 unspecified atom stereocenters. The van der Waals surface area contributed by atoms with Crippen molar-refractivity contribution in [3.63, 3.8) is 0 Å². The molecule has 0 saturated carbocycles. The van der Waals surface area contributed by atoms with Gasteiger partial charge in [-0.15, -0.1) is 0 Å². The Hall–Kier alpha value is -3.55. The number of amides is 1. The minimum Gasteiger partial charge on any atom is -0.366 e. The van der Waals surface area contributed by atoms with Crippen LogP contribution >= 0.6 is 0 Å². The third-order valence-electron chi connectivity index (χ3n) is 5.36. The largest absolute Gasteiger partial charge is 0.416 e. The van der Waals surface area contributed by atoms with E-state index in [1.807, 2.05) is 17.0 Å². The molecule has 2 N–H and O–H groups in total. The van der Waals surface area contributed by atoms with Crippen molar-refractivity contribution >= 4 is 17.3 Å². The summed E-state index contributed by atoms with van der Waals surface area (Å²) in [4.78, 5) is 19.2. The highest BCUT2D eigenvalue weighted by atomic mass is 19.4. The van der Waals surface area contributed by atoms with Crippen LogP contribution in [-0.2, 0) is 19.0 Å². The van der Waals surface area contributed by atoms with Gasteiger partial charge in [0.2, 0.25) is 18.3 Å². The Morgan fingerprint density at radius 1 is 1.13 bits per heavy atom. The van der Waals surface area contributed by atoms with Gasteiger partial charge >= 0.3 is 6.18 Å². The highest BCUT2D eigenvalue weighted by molar-refractivity contribution is 5.96. The summed E-state index contributed by atoms with van der Waals surface area (Å²) >= 11 is 0. The van der Waals surface area contributed by atoms with Gasteiger partial charge < -0.3 is 10.6 Å². The molecule has 3 aromatic rings. The average Bonchev–Trinajstić information content (AvgIpc) is 3.17. The number of alkyl halides is 3. The number of carbonyl (C=O) groups is 1. The van der Waals surface area contributed by atoms with Crippen LogP contribution in [-0.4, -0.2) is 19.6 Å². The van der Waals surface area contributed by atoms with Crippen molar-refractivity contribution in [2.45, 2.75) is 19.0 Å². The zero-order valence-electron chi connectivity index (χ0n) is 16.8. The molecule has 0 radical (unpaired) electrons. The summed E-state index contributed by atoms with van der Waals surface area (Å²) in [7, 11) is 1.51. The molecule has 1 aromatic heterocycles. The van der Waals surface area contributed by atoms with E-state index in [1.54, 1.807) is 30.6 Å². The summed E-state index contributed by atoms with van der Waals surface area (Å²) in [6, 6.07) is 12.6. The lowest BCUT2D eigenvalue weighted by Gasteiger charge is -2.19. The van der Waals surface area contributed by atoms with Crippen molar-refractivity contribution in [1.29, 1.82) is 0 Å². The lowest BCUT2D eigenvalue weighted by molar-refractivity contribution is -0.885. The van der Waals surface area contributed by atoms with E-state index in [0.717, 1.165) is 34.6 Å². The molecule has 4 rings (SSSR count). The van der Waals surface area contributed by atoms with E-state index >= 15 is 0 Å². The van der Waals surface area contributed by atoms with E-state index < -0.39 is 17.6 Å². The van der Waals surface area contributed by atoms with Crippen LogP contribution in [0.3, 0.4) is 0 Å². The monoisotopic (exact) mass is 428 g/mol. The van der Waals surface area contributed by atoms with Crippen LogP contribution in [0.25, 0.3) is 0 Å². The molecule has 0 spiro atoms. The second kappa shape index (κ2) is 7.94. The number of rotatable bonds is 5. The Morgan fingerprint density at radius 2 is 1.90 bits per heavy atom. The van der Waals surface area contributed by atoms with Gasteiger partial charge in [-0.25, -0.2) is 0 Å². The molecule has 8 heteroatoms. The van der Waals surface area contributed by atoms with Gasteiger partial charge in [0, 0.05) is 34.5 Å². The molecule has 1 aliphatic rings. The number of primary amides is 1. The molecule has 0 saturated heterocycles. The Morgan fingerprint density at radius 3 is 2.61 bits per heavy atom. The summed E-state index contributed by atoms with van der Waals surface area (Å²) < 4.78 is 40.7. The summed E-state index contributed by atoms with van der Waals surface area (Å²) in [6.45, 7) is 0.649. The van der Waals surface area contributed by atoms with Gasteiger partial charge in [-0.2, -0.15) is 13.2 Å². The van der Waals surface area contributed by atoms with Crippen LogP contribution in [0.4, 0.5) is 24.5 Å². The summed E-state index contributed by atoms with van der Waals surface area (Å²) in [5.74, 6) is -0.469. The fourth-order valence-electron chi connectivity index (χ4n) is 3.97. The number of nitrogens with zero attached hydrogens (tertiary/aromatic N) is 2. The van der Waals surface area contributed by atoms with Crippen molar-refractivity contribution in [3.8, 4) is 0 Å². The highest BCUT2D eigenvalue weighted by Crippen LogP contribution is 2.36. The predicted octanol–water partition coefficient (Wildman–Crippen LogP) is 3.44. The topological polar surface area (TPSA) is 59.4 Å². The molecule has 0 bridgehead atoms. The Labute approximate surface area is 177 Å². The molecule has 31 heavy (non-hydrogen) atoms. The van der Waals surface area contributed by atoms with Crippen molar-refractivity contribution in [3.05, 3.63) is 88.7 Å². The van der Waals surface area contributed by atoms with Crippen LogP contribution in [0.15, 0.2) is 60.9 Å². The maximum Gasteiger partial charge on any atom is 0.416 e. The van der Waals surface area contributed by atoms with E-state index in [9.17, 15) is 18.0 Å². The number of hydrogen-bond donors (Lipinski definition) is 1. The third-order valence-corrected chi connectivity index (χ3v) is 5.36. The highest BCUT2D eigenvalue weighted by Gasteiger charge is 2.30. The first kappa shape index (κ1) is 20.7. The van der Waals surface area contributed by atoms with Gasteiger partial charge in [0.05, 0.1) is 5.56 Å². The molecule has 160 valence electrons. The van der Waals surface area contributed by atoms with Gasteiger partial charge in [0.25, 0.3) is 0 Å². The van der Waals surface area contributed by atoms with E-state index in [2.05, 4.69) is 0 Å². The first-order chi connectivity index (χ1) is 14.8. The first-order valence-corrected chi connectivity index (χ1v) is 9.71. The Kier molecular flexibility index (Phi) is 5.31. The fourth-order valence-corrected chi connectivity index (χ4v) is 3.97. The van der Waals surface area contributed by atoms with Crippen molar-refractivity contribution in [1.82, 2.24) is 0 Å². The molecule has 1 amide bonds. The number of nitrogens with two attached hydrogens (primary N) is 1. The second-order valence-corrected chi connectivity index (χ2v) is 7.39. The van der Waals surface area contributed by atoms with Crippen LogP contribution in [0, 0.1) is 0 Å². The Bertz CT molecular complexity index is 1150. The maximum absolute atomic E-state index is 13.1. The van der Waals surface area contributed by atoms with Crippen molar-refractivity contribution < 1.29 is 27.5 Å². The zero-order valence-corrected chi connectivity index (χ0v) is 16.8. The fraction of sp³-hybridized carbons (Fsp3) is 0.217. The lowest BCUT2D eigenvalue weighted by Crippen LogP contribution is -2.41. The molecule has 0 fully saturated rings. The quantitative estimate of drug-likeness (QED) is 0.634. The van der Waals surface area contributed by atoms with Crippen LogP contribution in [0.5, 0.6) is 0 Å². The zero-order chi connectivity index (χ0) is 22.2. The predicted molar refractivity (Wildman–Crippen MR) is 109 cm³/mol. The minimum absolute atomic E-state index is 0.309.